The Balaban J connectivity index is 1.20. The molecule has 0 aliphatic carbocycles. The molecular weight excluding hydrogens is 684 g/mol. The van der Waals surface area contributed by atoms with E-state index >= 15 is 0 Å². The third-order valence-electron chi connectivity index (χ3n) is 9.11. The van der Waals surface area contributed by atoms with Crippen molar-refractivity contribution in [3.63, 3.8) is 0 Å². The summed E-state index contributed by atoms with van der Waals surface area (Å²) in [6, 6.07) is 8.00. The molecule has 0 saturated carbocycles. The summed E-state index contributed by atoms with van der Waals surface area (Å²) in [4.78, 5) is 85.0. The van der Waals surface area contributed by atoms with Crippen LogP contribution in [-0.4, -0.2) is 103 Å². The lowest BCUT2D eigenvalue weighted by atomic mass is 10.1. The van der Waals surface area contributed by atoms with Gasteiger partial charge in [-0.15, -0.1) is 0 Å². The molecular formula is C39H48N4O10. The normalized spacial score (nSPS) is 20.3. The van der Waals surface area contributed by atoms with Crippen LogP contribution in [0.5, 0.6) is 0 Å². The number of carbonyl (C=O) groups is 6. The van der Waals surface area contributed by atoms with Gasteiger partial charge in [-0.25, -0.2) is 24.2 Å². The first-order valence-corrected chi connectivity index (χ1v) is 17.8. The van der Waals surface area contributed by atoms with Gasteiger partial charge < -0.3 is 23.3 Å². The quantitative estimate of drug-likeness (QED) is 0.143. The molecule has 0 unspecified atom stereocenters. The highest BCUT2D eigenvalue weighted by molar-refractivity contribution is 6.03. The van der Waals surface area contributed by atoms with Crippen molar-refractivity contribution in [2.75, 3.05) is 13.2 Å². The third kappa shape index (κ3) is 9.03. The molecule has 0 spiro atoms. The number of ether oxygens (including phenoxy) is 4. The molecule has 2 aliphatic heterocycles. The van der Waals surface area contributed by atoms with Crippen molar-refractivity contribution in [2.24, 2.45) is 0 Å². The molecule has 4 atom stereocenters. The standard InChI is InChI=1S/C39H48N4O10/c1-23-11-17-28(42(23)36(48)52-38(3,4)5)34(46)50-21-31(44)26-15-13-25(14-16-26)30-20-40-33(27-10-9-19-41(27)30)32(45)22-51-35(47)29-18-12-24(2)43(29)37(49)53-39(6,7)8/h9-10,13-16,19-20,23-24,28-29H,11-12,17-18,21-22H2,1-8H3/t23-,24-,28-,29-/m0/s1. The Labute approximate surface area is 308 Å². The maximum Gasteiger partial charge on any atom is 0.411 e. The van der Waals surface area contributed by atoms with Crippen LogP contribution in [0.15, 0.2) is 48.8 Å². The number of hydrogen-bond donors (Lipinski definition) is 0. The van der Waals surface area contributed by atoms with Crippen LogP contribution in [0.3, 0.4) is 0 Å². The number of Topliss-reactive ketones (excluding diaryl/α,β-unsaturated/α-hetero) is 2. The molecule has 0 bridgehead atoms. The molecule has 2 saturated heterocycles. The Hall–Kier alpha value is -5.27. The number of esters is 2. The second kappa shape index (κ2) is 15.4. The fourth-order valence-corrected chi connectivity index (χ4v) is 6.59. The number of fused-ring (bicyclic) bond motifs is 1. The van der Waals surface area contributed by atoms with Crippen LogP contribution in [0, 0.1) is 0 Å². The number of ketones is 2. The van der Waals surface area contributed by atoms with E-state index in [-0.39, 0.29) is 17.8 Å². The van der Waals surface area contributed by atoms with Gasteiger partial charge in [0.1, 0.15) is 29.0 Å². The second-order valence-corrected chi connectivity index (χ2v) is 15.6. The maximum atomic E-state index is 13.3. The molecule has 2 amide bonds. The summed E-state index contributed by atoms with van der Waals surface area (Å²) in [7, 11) is 0. The fraction of sp³-hybridized carbons (Fsp3) is 0.513. The van der Waals surface area contributed by atoms with Crippen molar-refractivity contribution in [1.82, 2.24) is 19.2 Å². The van der Waals surface area contributed by atoms with Gasteiger partial charge in [-0.1, -0.05) is 24.3 Å². The van der Waals surface area contributed by atoms with E-state index < -0.39 is 72.2 Å². The van der Waals surface area contributed by atoms with E-state index in [1.807, 2.05) is 13.8 Å². The second-order valence-electron chi connectivity index (χ2n) is 15.6. The average molecular weight is 733 g/mol. The Bertz CT molecular complexity index is 1890. The van der Waals surface area contributed by atoms with Crippen LogP contribution < -0.4 is 0 Å². The molecule has 5 rings (SSSR count). The summed E-state index contributed by atoms with van der Waals surface area (Å²) in [5, 5.41) is 0. The van der Waals surface area contributed by atoms with Crippen LogP contribution in [0.25, 0.3) is 16.8 Å². The largest absolute Gasteiger partial charge is 0.456 e. The van der Waals surface area contributed by atoms with Crippen LogP contribution in [0.4, 0.5) is 9.59 Å². The number of aromatic nitrogens is 2. The highest BCUT2D eigenvalue weighted by Crippen LogP contribution is 2.29. The first-order chi connectivity index (χ1) is 24.8. The Morgan fingerprint density at radius 2 is 1.19 bits per heavy atom. The van der Waals surface area contributed by atoms with Gasteiger partial charge in [0.05, 0.1) is 17.4 Å². The van der Waals surface area contributed by atoms with Crippen LogP contribution in [0.2, 0.25) is 0 Å². The smallest absolute Gasteiger partial charge is 0.411 e. The molecule has 2 aliphatic rings. The first kappa shape index (κ1) is 38.9. The zero-order valence-electron chi connectivity index (χ0n) is 31.5. The van der Waals surface area contributed by atoms with Crippen molar-refractivity contribution in [3.8, 4) is 11.3 Å². The summed E-state index contributed by atoms with van der Waals surface area (Å²) in [5.74, 6) is -2.27. The predicted octanol–water partition coefficient (Wildman–Crippen LogP) is 6.03. The number of likely N-dealkylation sites (tertiary alicyclic amines) is 2. The highest BCUT2D eigenvalue weighted by atomic mass is 16.6. The van der Waals surface area contributed by atoms with E-state index in [4.69, 9.17) is 18.9 Å². The SMILES string of the molecule is C[C@H]1CC[C@@H](C(=O)OCC(=O)c2ccc(-c3cnc(C(=O)COC(=O)[C@@H]4CC[C@H](C)N4C(=O)OC(C)(C)C)c4cccn34)cc2)N1C(=O)OC(C)(C)C. The number of benzene rings is 1. The molecule has 1 aromatic carbocycles. The number of hydrogen-bond acceptors (Lipinski definition) is 11. The van der Waals surface area contributed by atoms with Gasteiger partial charge in [0.15, 0.2) is 19.0 Å². The first-order valence-electron chi connectivity index (χ1n) is 17.8. The fourth-order valence-electron chi connectivity index (χ4n) is 6.59. The Morgan fingerprint density at radius 3 is 1.68 bits per heavy atom. The van der Waals surface area contributed by atoms with Crippen LogP contribution in [0.1, 0.15) is 102 Å². The topological polar surface area (TPSA) is 163 Å². The molecule has 14 heteroatoms. The monoisotopic (exact) mass is 732 g/mol. The van der Waals surface area contributed by atoms with Crippen LogP contribution in [-0.2, 0) is 28.5 Å². The average Bonchev–Trinajstić information content (AvgIpc) is 3.82. The van der Waals surface area contributed by atoms with Crippen molar-refractivity contribution in [1.29, 1.82) is 0 Å². The number of nitrogens with zero attached hydrogens (tertiary/aromatic N) is 4. The van der Waals surface area contributed by atoms with E-state index in [1.54, 1.807) is 88.5 Å². The number of amides is 2. The minimum absolute atomic E-state index is 0.103. The van der Waals surface area contributed by atoms with E-state index in [9.17, 15) is 28.8 Å². The third-order valence-corrected chi connectivity index (χ3v) is 9.11. The van der Waals surface area contributed by atoms with E-state index in [0.717, 1.165) is 0 Å². The number of rotatable bonds is 9. The van der Waals surface area contributed by atoms with Gasteiger partial charge in [-0.05, 0) is 93.2 Å². The summed E-state index contributed by atoms with van der Waals surface area (Å²) in [6.07, 6.45) is 4.09. The molecule has 3 aromatic rings. The summed E-state index contributed by atoms with van der Waals surface area (Å²) < 4.78 is 23.5. The van der Waals surface area contributed by atoms with Crippen molar-refractivity contribution >= 4 is 41.2 Å². The van der Waals surface area contributed by atoms with Crippen LogP contribution >= 0.6 is 0 Å². The minimum Gasteiger partial charge on any atom is -0.456 e. The lowest BCUT2D eigenvalue weighted by Gasteiger charge is -2.30. The lowest BCUT2D eigenvalue weighted by Crippen LogP contribution is -2.47. The highest BCUT2D eigenvalue weighted by Gasteiger charge is 2.43. The molecule has 284 valence electrons. The van der Waals surface area contributed by atoms with Gasteiger partial charge in [0, 0.05) is 29.4 Å². The van der Waals surface area contributed by atoms with E-state index in [2.05, 4.69) is 4.98 Å². The lowest BCUT2D eigenvalue weighted by molar-refractivity contribution is -0.148. The Morgan fingerprint density at radius 1 is 0.698 bits per heavy atom. The minimum atomic E-state index is -0.858. The van der Waals surface area contributed by atoms with Crippen molar-refractivity contribution in [3.05, 3.63) is 60.0 Å². The maximum absolute atomic E-state index is 13.3. The van der Waals surface area contributed by atoms with Crippen molar-refractivity contribution < 1.29 is 47.7 Å². The zero-order chi connectivity index (χ0) is 38.8. The van der Waals surface area contributed by atoms with E-state index in [0.29, 0.717) is 48.0 Å². The van der Waals surface area contributed by atoms with Gasteiger partial charge in [-0.2, -0.15) is 0 Å². The zero-order valence-corrected chi connectivity index (χ0v) is 31.5. The van der Waals surface area contributed by atoms with E-state index in [1.165, 1.54) is 16.0 Å². The van der Waals surface area contributed by atoms with Gasteiger partial charge >= 0.3 is 24.1 Å². The molecule has 2 aromatic heterocycles. The van der Waals surface area contributed by atoms with Gasteiger partial charge in [0.2, 0.25) is 5.78 Å². The number of carbonyl (C=O) groups excluding carboxylic acids is 6. The predicted molar refractivity (Wildman–Crippen MR) is 192 cm³/mol. The molecule has 14 nitrogen and oxygen atoms in total. The summed E-state index contributed by atoms with van der Waals surface area (Å²) in [6.45, 7) is 13.1. The molecule has 53 heavy (non-hydrogen) atoms. The van der Waals surface area contributed by atoms with Gasteiger partial charge in [-0.3, -0.25) is 19.4 Å². The molecule has 0 radical (unpaired) electrons. The molecule has 4 heterocycles. The summed E-state index contributed by atoms with van der Waals surface area (Å²) >= 11 is 0. The molecule has 2 fully saturated rings. The summed E-state index contributed by atoms with van der Waals surface area (Å²) in [5.41, 5.74) is 0.783. The van der Waals surface area contributed by atoms with Gasteiger partial charge in [0.25, 0.3) is 0 Å². The van der Waals surface area contributed by atoms with Crippen molar-refractivity contribution in [2.45, 2.75) is 116 Å². The Kier molecular flexibility index (Phi) is 11.3. The molecule has 0 N–H and O–H groups in total.